The standard InChI is InChI=1S/C12H16BrNO3/c1-14-12(16)3-2-6-17-11-5-4-10(13)7-9(11)8-15/h4-5,7,15H,2-3,6,8H2,1H3,(H,14,16). The van der Waals surface area contributed by atoms with Gasteiger partial charge in [-0.3, -0.25) is 4.79 Å². The summed E-state index contributed by atoms with van der Waals surface area (Å²) in [6, 6.07) is 5.47. The van der Waals surface area contributed by atoms with Crippen LogP contribution in [0, 0.1) is 0 Å². The first kappa shape index (κ1) is 14.0. The van der Waals surface area contributed by atoms with E-state index in [0.29, 0.717) is 25.2 Å². The van der Waals surface area contributed by atoms with Crippen molar-refractivity contribution in [3.63, 3.8) is 0 Å². The Kier molecular flexibility index (Phi) is 6.00. The minimum atomic E-state index is -0.0653. The van der Waals surface area contributed by atoms with Crippen molar-refractivity contribution < 1.29 is 14.6 Å². The lowest BCUT2D eigenvalue weighted by molar-refractivity contribution is -0.120. The Hall–Kier alpha value is -1.07. The van der Waals surface area contributed by atoms with Crippen LogP contribution >= 0.6 is 15.9 Å². The highest BCUT2D eigenvalue weighted by molar-refractivity contribution is 9.10. The molecule has 94 valence electrons. The molecule has 1 amide bonds. The fourth-order valence-electron chi connectivity index (χ4n) is 1.35. The highest BCUT2D eigenvalue weighted by atomic mass is 79.9. The van der Waals surface area contributed by atoms with Crippen molar-refractivity contribution >= 4 is 21.8 Å². The summed E-state index contributed by atoms with van der Waals surface area (Å²) in [5.41, 5.74) is 0.735. The molecule has 1 rings (SSSR count). The van der Waals surface area contributed by atoms with Crippen molar-refractivity contribution in [1.29, 1.82) is 0 Å². The van der Waals surface area contributed by atoms with Crippen LogP contribution in [0.4, 0.5) is 0 Å². The van der Waals surface area contributed by atoms with Crippen LogP contribution in [-0.4, -0.2) is 24.7 Å². The van der Waals surface area contributed by atoms with Crippen LogP contribution in [0.15, 0.2) is 22.7 Å². The number of amides is 1. The second-order valence-electron chi connectivity index (χ2n) is 3.54. The number of carbonyl (C=O) groups excluding carboxylic acids is 1. The van der Waals surface area contributed by atoms with E-state index in [4.69, 9.17) is 9.84 Å². The van der Waals surface area contributed by atoms with E-state index in [1.54, 1.807) is 13.1 Å². The molecule has 0 bridgehead atoms. The third-order valence-electron chi connectivity index (χ3n) is 2.28. The number of ether oxygens (including phenoxy) is 1. The second-order valence-corrected chi connectivity index (χ2v) is 4.45. The number of aliphatic hydroxyl groups excluding tert-OH is 1. The molecule has 2 N–H and O–H groups in total. The Balaban J connectivity index is 2.43. The lowest BCUT2D eigenvalue weighted by Gasteiger charge is -2.10. The van der Waals surface area contributed by atoms with Gasteiger partial charge in [0, 0.05) is 23.5 Å². The molecule has 0 atom stereocenters. The number of hydrogen-bond donors (Lipinski definition) is 2. The first-order chi connectivity index (χ1) is 8.17. The smallest absolute Gasteiger partial charge is 0.219 e. The van der Waals surface area contributed by atoms with E-state index in [1.807, 2.05) is 12.1 Å². The van der Waals surface area contributed by atoms with Gasteiger partial charge in [0.1, 0.15) is 5.75 Å². The van der Waals surface area contributed by atoms with Crippen LogP contribution < -0.4 is 10.1 Å². The fourth-order valence-corrected chi connectivity index (χ4v) is 1.76. The predicted molar refractivity (Wildman–Crippen MR) is 68.9 cm³/mol. The van der Waals surface area contributed by atoms with Crippen molar-refractivity contribution in [2.24, 2.45) is 0 Å². The van der Waals surface area contributed by atoms with Gasteiger partial charge in [0.2, 0.25) is 5.91 Å². The van der Waals surface area contributed by atoms with Crippen molar-refractivity contribution in [1.82, 2.24) is 5.32 Å². The molecule has 0 aliphatic heterocycles. The van der Waals surface area contributed by atoms with E-state index in [1.165, 1.54) is 0 Å². The predicted octanol–water partition coefficient (Wildman–Crippen LogP) is 1.85. The molecule has 0 unspecified atom stereocenters. The number of benzene rings is 1. The van der Waals surface area contributed by atoms with Gasteiger partial charge in [-0.1, -0.05) is 15.9 Å². The van der Waals surface area contributed by atoms with Gasteiger partial charge in [0.15, 0.2) is 0 Å². The Bertz CT molecular complexity index is 382. The maximum atomic E-state index is 11.0. The van der Waals surface area contributed by atoms with Gasteiger partial charge in [-0.2, -0.15) is 0 Å². The summed E-state index contributed by atoms with van der Waals surface area (Å²) in [6.07, 6.45) is 1.10. The molecular weight excluding hydrogens is 286 g/mol. The zero-order chi connectivity index (χ0) is 12.7. The van der Waals surface area contributed by atoms with E-state index >= 15 is 0 Å². The van der Waals surface area contributed by atoms with E-state index in [9.17, 15) is 4.79 Å². The van der Waals surface area contributed by atoms with Crippen LogP contribution in [0.25, 0.3) is 0 Å². The number of nitrogens with one attached hydrogen (secondary N) is 1. The van der Waals surface area contributed by atoms with Crippen LogP contribution in [0.2, 0.25) is 0 Å². The topological polar surface area (TPSA) is 58.6 Å². The average molecular weight is 302 g/mol. The van der Waals surface area contributed by atoms with Gasteiger partial charge >= 0.3 is 0 Å². The summed E-state index contributed by atoms with van der Waals surface area (Å²) in [4.78, 5) is 11.0. The molecular formula is C12H16BrNO3. The summed E-state index contributed by atoms with van der Waals surface area (Å²) >= 11 is 3.33. The molecule has 0 saturated carbocycles. The molecule has 0 aromatic heterocycles. The minimum absolute atomic E-state index is 0.00628. The molecule has 0 saturated heterocycles. The normalized spacial score (nSPS) is 10.1. The molecule has 1 aromatic rings. The van der Waals surface area contributed by atoms with Gasteiger partial charge in [0.25, 0.3) is 0 Å². The first-order valence-corrected chi connectivity index (χ1v) is 6.19. The molecule has 17 heavy (non-hydrogen) atoms. The van der Waals surface area contributed by atoms with Crippen LogP contribution in [0.3, 0.4) is 0 Å². The fraction of sp³-hybridized carbons (Fsp3) is 0.417. The molecule has 0 spiro atoms. The molecule has 0 aliphatic carbocycles. The summed E-state index contributed by atoms with van der Waals surface area (Å²) in [5, 5.41) is 11.7. The third kappa shape index (κ3) is 4.75. The van der Waals surface area contributed by atoms with Crippen LogP contribution in [-0.2, 0) is 11.4 Å². The molecule has 0 fully saturated rings. The Labute approximate surface area is 109 Å². The summed E-state index contributed by atoms with van der Waals surface area (Å²) in [6.45, 7) is 0.395. The number of aliphatic hydroxyl groups is 1. The highest BCUT2D eigenvalue weighted by Crippen LogP contribution is 2.23. The maximum Gasteiger partial charge on any atom is 0.219 e. The minimum Gasteiger partial charge on any atom is -0.493 e. The zero-order valence-corrected chi connectivity index (χ0v) is 11.3. The molecule has 0 aliphatic rings. The quantitative estimate of drug-likeness (QED) is 0.788. The lowest BCUT2D eigenvalue weighted by Crippen LogP contribution is -2.18. The zero-order valence-electron chi connectivity index (χ0n) is 9.70. The molecule has 5 heteroatoms. The van der Waals surface area contributed by atoms with Crippen molar-refractivity contribution in [3.05, 3.63) is 28.2 Å². The highest BCUT2D eigenvalue weighted by Gasteiger charge is 2.04. The van der Waals surface area contributed by atoms with Gasteiger partial charge in [-0.25, -0.2) is 0 Å². The van der Waals surface area contributed by atoms with Gasteiger partial charge < -0.3 is 15.2 Å². The number of carbonyl (C=O) groups is 1. The SMILES string of the molecule is CNC(=O)CCCOc1ccc(Br)cc1CO. The Morgan fingerprint density at radius 1 is 1.53 bits per heavy atom. The largest absolute Gasteiger partial charge is 0.493 e. The van der Waals surface area contributed by atoms with Gasteiger partial charge in [-0.05, 0) is 24.6 Å². The summed E-state index contributed by atoms with van der Waals surface area (Å²) in [7, 11) is 1.61. The molecule has 0 heterocycles. The number of hydrogen-bond acceptors (Lipinski definition) is 3. The lowest BCUT2D eigenvalue weighted by atomic mass is 10.2. The van der Waals surface area contributed by atoms with Gasteiger partial charge in [-0.15, -0.1) is 0 Å². The average Bonchev–Trinajstić information content (AvgIpc) is 2.35. The van der Waals surface area contributed by atoms with Gasteiger partial charge in [0.05, 0.1) is 13.2 Å². The van der Waals surface area contributed by atoms with Crippen molar-refractivity contribution in [3.8, 4) is 5.75 Å². The molecule has 4 nitrogen and oxygen atoms in total. The van der Waals surface area contributed by atoms with E-state index in [2.05, 4.69) is 21.2 Å². The van der Waals surface area contributed by atoms with E-state index < -0.39 is 0 Å². The van der Waals surface area contributed by atoms with E-state index in [-0.39, 0.29) is 12.5 Å². The summed E-state index contributed by atoms with van der Waals surface area (Å²) < 4.78 is 6.42. The number of rotatable bonds is 6. The summed E-state index contributed by atoms with van der Waals surface area (Å²) in [5.74, 6) is 0.666. The monoisotopic (exact) mass is 301 g/mol. The molecule has 0 radical (unpaired) electrons. The third-order valence-corrected chi connectivity index (χ3v) is 2.77. The van der Waals surface area contributed by atoms with Crippen molar-refractivity contribution in [2.75, 3.05) is 13.7 Å². The van der Waals surface area contributed by atoms with Crippen molar-refractivity contribution in [2.45, 2.75) is 19.4 Å². The first-order valence-electron chi connectivity index (χ1n) is 5.40. The number of halogens is 1. The van der Waals surface area contributed by atoms with E-state index in [0.717, 1.165) is 10.0 Å². The maximum absolute atomic E-state index is 11.0. The molecule has 1 aromatic carbocycles. The Morgan fingerprint density at radius 3 is 2.94 bits per heavy atom. The van der Waals surface area contributed by atoms with Crippen LogP contribution in [0.5, 0.6) is 5.75 Å². The van der Waals surface area contributed by atoms with Crippen LogP contribution in [0.1, 0.15) is 18.4 Å². The second kappa shape index (κ2) is 7.29. The Morgan fingerprint density at radius 2 is 2.29 bits per heavy atom.